The van der Waals surface area contributed by atoms with Crippen LogP contribution in [0.3, 0.4) is 0 Å². The third-order valence-electron chi connectivity index (χ3n) is 3.19. The Morgan fingerprint density at radius 3 is 2.20 bits per heavy atom. The van der Waals surface area contributed by atoms with E-state index in [-0.39, 0.29) is 0 Å². The number of halogens is 1. The molecule has 1 aromatic rings. The zero-order chi connectivity index (χ0) is 15.0. The van der Waals surface area contributed by atoms with Gasteiger partial charge in [0.2, 0.25) is 10.0 Å². The van der Waals surface area contributed by atoms with Crippen LogP contribution in [0.25, 0.3) is 0 Å². The maximum atomic E-state index is 12.6. The first-order chi connectivity index (χ1) is 9.56. The van der Waals surface area contributed by atoms with Crippen molar-refractivity contribution in [1.82, 2.24) is 4.31 Å². The molecule has 0 unspecified atom stereocenters. The van der Waals surface area contributed by atoms with Crippen molar-refractivity contribution in [3.05, 3.63) is 29.8 Å². The quantitative estimate of drug-likeness (QED) is 0.626. The van der Waals surface area contributed by atoms with Crippen LogP contribution in [0.1, 0.15) is 38.7 Å². The first-order valence-corrected chi connectivity index (χ1v) is 9.77. The molecular weight excluding hydrogens is 338 g/mol. The van der Waals surface area contributed by atoms with Crippen molar-refractivity contribution in [3.63, 3.8) is 0 Å². The summed E-state index contributed by atoms with van der Waals surface area (Å²) in [4.78, 5) is 0.398. The van der Waals surface area contributed by atoms with E-state index in [2.05, 4.69) is 29.8 Å². The van der Waals surface area contributed by atoms with Crippen molar-refractivity contribution in [3.8, 4) is 0 Å². The molecule has 3 nitrogen and oxygen atoms in total. The summed E-state index contributed by atoms with van der Waals surface area (Å²) < 4.78 is 26.8. The summed E-state index contributed by atoms with van der Waals surface area (Å²) in [6.07, 6.45) is 3.93. The molecule has 1 rings (SSSR count). The van der Waals surface area contributed by atoms with Crippen LogP contribution >= 0.6 is 15.9 Å². The van der Waals surface area contributed by atoms with Gasteiger partial charge in [0.1, 0.15) is 0 Å². The lowest BCUT2D eigenvalue weighted by molar-refractivity contribution is 0.422. The number of hydrogen-bond acceptors (Lipinski definition) is 2. The van der Waals surface area contributed by atoms with Crippen LogP contribution in [-0.4, -0.2) is 31.1 Å². The summed E-state index contributed by atoms with van der Waals surface area (Å²) in [6, 6.07) is 7.30. The molecule has 0 N–H and O–H groups in total. The minimum absolute atomic E-state index is 0.398. The van der Waals surface area contributed by atoms with Gasteiger partial charge in [-0.2, -0.15) is 4.31 Å². The highest BCUT2D eigenvalue weighted by atomic mass is 79.9. The molecule has 114 valence electrons. The fraction of sp³-hybridized carbons (Fsp3) is 0.600. The Kier molecular flexibility index (Phi) is 7.77. The van der Waals surface area contributed by atoms with Gasteiger partial charge >= 0.3 is 0 Å². The Hall–Kier alpha value is -0.390. The molecule has 0 radical (unpaired) electrons. The molecule has 0 amide bonds. The lowest BCUT2D eigenvalue weighted by Crippen LogP contribution is -2.33. The van der Waals surface area contributed by atoms with Crippen molar-refractivity contribution in [2.24, 2.45) is 0 Å². The van der Waals surface area contributed by atoms with Crippen molar-refractivity contribution in [1.29, 1.82) is 0 Å². The molecule has 0 spiro atoms. The number of hydrogen-bond donors (Lipinski definition) is 0. The molecule has 0 heterocycles. The molecule has 0 aliphatic heterocycles. The van der Waals surface area contributed by atoms with Gasteiger partial charge in [-0.3, -0.25) is 0 Å². The van der Waals surface area contributed by atoms with Gasteiger partial charge in [-0.25, -0.2) is 8.42 Å². The summed E-state index contributed by atoms with van der Waals surface area (Å²) in [5, 5.41) is 0.657. The van der Waals surface area contributed by atoms with Crippen molar-refractivity contribution < 1.29 is 8.42 Å². The maximum Gasteiger partial charge on any atom is 0.243 e. The lowest BCUT2D eigenvalue weighted by Gasteiger charge is -2.21. The zero-order valence-electron chi connectivity index (χ0n) is 12.3. The molecule has 0 fully saturated rings. The number of rotatable bonds is 9. The van der Waals surface area contributed by atoms with E-state index in [1.54, 1.807) is 16.4 Å². The lowest BCUT2D eigenvalue weighted by atomic mass is 10.1. The van der Waals surface area contributed by atoms with Crippen molar-refractivity contribution in [2.45, 2.75) is 44.4 Å². The first kappa shape index (κ1) is 17.7. The number of unbranched alkanes of at least 4 members (excludes halogenated alkanes) is 1. The highest BCUT2D eigenvalue weighted by molar-refractivity contribution is 9.09. The Morgan fingerprint density at radius 2 is 1.70 bits per heavy atom. The Morgan fingerprint density at radius 1 is 1.05 bits per heavy atom. The number of sulfonamides is 1. The third-order valence-corrected chi connectivity index (χ3v) is 5.46. The van der Waals surface area contributed by atoms with Gasteiger partial charge in [0.25, 0.3) is 0 Å². The monoisotopic (exact) mass is 361 g/mol. The van der Waals surface area contributed by atoms with E-state index in [4.69, 9.17) is 0 Å². The van der Waals surface area contributed by atoms with E-state index in [0.29, 0.717) is 23.3 Å². The van der Waals surface area contributed by atoms with E-state index in [1.165, 1.54) is 5.56 Å². The van der Waals surface area contributed by atoms with Gasteiger partial charge in [0.05, 0.1) is 4.90 Å². The molecular formula is C15H24BrNO2S. The van der Waals surface area contributed by atoms with Crippen molar-refractivity contribution >= 4 is 26.0 Å². The van der Waals surface area contributed by atoms with Crippen LogP contribution in [0.15, 0.2) is 29.2 Å². The second kappa shape index (κ2) is 8.80. The highest BCUT2D eigenvalue weighted by Crippen LogP contribution is 2.18. The molecule has 20 heavy (non-hydrogen) atoms. The Balaban J connectivity index is 2.93. The second-order valence-corrected chi connectivity index (χ2v) is 7.57. The highest BCUT2D eigenvalue weighted by Gasteiger charge is 2.23. The largest absolute Gasteiger partial charge is 0.243 e. The van der Waals surface area contributed by atoms with Crippen LogP contribution in [-0.2, 0) is 16.4 Å². The predicted octanol–water partition coefficient (Wildman–Crippen LogP) is 3.82. The third kappa shape index (κ3) is 4.86. The van der Waals surface area contributed by atoms with Gasteiger partial charge in [-0.1, -0.05) is 54.8 Å². The SMILES string of the molecule is CCCCN(CCBr)S(=O)(=O)c1ccc(CCC)cc1. The normalized spacial score (nSPS) is 12.0. The number of alkyl halides is 1. The van der Waals surface area contributed by atoms with Crippen LogP contribution in [0.4, 0.5) is 0 Å². The minimum Gasteiger partial charge on any atom is -0.207 e. The molecule has 0 aliphatic carbocycles. The van der Waals surface area contributed by atoms with Crippen LogP contribution in [0.5, 0.6) is 0 Å². The molecule has 0 bridgehead atoms. The fourth-order valence-corrected chi connectivity index (χ4v) is 4.19. The van der Waals surface area contributed by atoms with E-state index in [0.717, 1.165) is 25.7 Å². The molecule has 0 saturated heterocycles. The van der Waals surface area contributed by atoms with Crippen LogP contribution < -0.4 is 0 Å². The number of aryl methyl sites for hydroxylation is 1. The zero-order valence-corrected chi connectivity index (χ0v) is 14.7. The molecule has 0 atom stereocenters. The van der Waals surface area contributed by atoms with Gasteiger partial charge in [-0.05, 0) is 30.5 Å². The standard InChI is InChI=1S/C15H24BrNO2S/c1-3-5-12-17(13-11-16)20(18,19)15-9-7-14(6-4-2)8-10-15/h7-10H,3-6,11-13H2,1-2H3. The van der Waals surface area contributed by atoms with Gasteiger partial charge in [0, 0.05) is 18.4 Å². The Labute approximate surface area is 131 Å². The number of nitrogens with zero attached hydrogens (tertiary/aromatic N) is 1. The first-order valence-electron chi connectivity index (χ1n) is 7.21. The second-order valence-electron chi connectivity index (χ2n) is 4.84. The van der Waals surface area contributed by atoms with E-state index < -0.39 is 10.0 Å². The molecule has 1 aromatic carbocycles. The summed E-state index contributed by atoms with van der Waals surface area (Å²) in [5.41, 5.74) is 1.19. The summed E-state index contributed by atoms with van der Waals surface area (Å²) in [7, 11) is -3.36. The smallest absolute Gasteiger partial charge is 0.207 e. The summed E-state index contributed by atoms with van der Waals surface area (Å²) in [6.45, 7) is 5.28. The molecule has 0 aromatic heterocycles. The average Bonchev–Trinajstić information content (AvgIpc) is 2.44. The minimum atomic E-state index is -3.36. The summed E-state index contributed by atoms with van der Waals surface area (Å²) in [5.74, 6) is 0. The van der Waals surface area contributed by atoms with Crippen LogP contribution in [0, 0.1) is 0 Å². The van der Waals surface area contributed by atoms with Crippen molar-refractivity contribution in [2.75, 3.05) is 18.4 Å². The molecule has 0 saturated carbocycles. The van der Waals surface area contributed by atoms with E-state index >= 15 is 0 Å². The average molecular weight is 362 g/mol. The van der Waals surface area contributed by atoms with Crippen LogP contribution in [0.2, 0.25) is 0 Å². The number of benzene rings is 1. The van der Waals surface area contributed by atoms with Gasteiger partial charge in [-0.15, -0.1) is 0 Å². The maximum absolute atomic E-state index is 12.6. The molecule has 0 aliphatic rings. The van der Waals surface area contributed by atoms with Gasteiger partial charge < -0.3 is 0 Å². The Bertz CT molecular complexity index is 485. The predicted molar refractivity (Wildman–Crippen MR) is 87.9 cm³/mol. The van der Waals surface area contributed by atoms with E-state index in [9.17, 15) is 8.42 Å². The van der Waals surface area contributed by atoms with E-state index in [1.807, 2.05) is 12.1 Å². The van der Waals surface area contributed by atoms with Gasteiger partial charge in [0.15, 0.2) is 0 Å². The summed E-state index contributed by atoms with van der Waals surface area (Å²) >= 11 is 3.33. The fourth-order valence-electron chi connectivity index (χ4n) is 2.05. The molecule has 5 heteroatoms. The topological polar surface area (TPSA) is 37.4 Å².